The second-order valence-electron chi connectivity index (χ2n) is 6.48. The van der Waals surface area contributed by atoms with Crippen molar-refractivity contribution in [3.8, 4) is 11.5 Å². The molecule has 1 fully saturated rings. The number of hydrogen-bond donors (Lipinski definition) is 0. The Morgan fingerprint density at radius 1 is 1.13 bits per heavy atom. The third kappa shape index (κ3) is 4.22. The van der Waals surface area contributed by atoms with Gasteiger partial charge in [0.1, 0.15) is 18.0 Å². The molecule has 30 heavy (non-hydrogen) atoms. The molecule has 0 unspecified atom stereocenters. The predicted octanol–water partition coefficient (Wildman–Crippen LogP) is 3.77. The van der Waals surface area contributed by atoms with E-state index < -0.39 is 11.8 Å². The molecule has 0 radical (unpaired) electrons. The number of nitrogens with zero attached hydrogens (tertiary/aromatic N) is 2. The molecule has 1 saturated heterocycles. The van der Waals surface area contributed by atoms with Crippen molar-refractivity contribution in [2.45, 2.75) is 6.61 Å². The normalized spacial score (nSPS) is 14.3. The molecule has 0 saturated carbocycles. The quantitative estimate of drug-likeness (QED) is 0.361. The second-order valence-corrected chi connectivity index (χ2v) is 7.70. The lowest BCUT2D eigenvalue weighted by atomic mass is 10.1. The first-order valence-electron chi connectivity index (χ1n) is 8.80. The van der Waals surface area contributed by atoms with Crippen LogP contribution in [0.1, 0.15) is 11.1 Å². The number of benzene rings is 2. The number of ether oxygens (including phenoxy) is 2. The summed E-state index contributed by atoms with van der Waals surface area (Å²) in [6.07, 6.45) is 1.47. The van der Waals surface area contributed by atoms with Gasteiger partial charge >= 0.3 is 0 Å². The van der Waals surface area contributed by atoms with E-state index >= 15 is 0 Å². The minimum absolute atomic E-state index is 0.00603. The van der Waals surface area contributed by atoms with Gasteiger partial charge < -0.3 is 9.47 Å². The number of halogens is 2. The summed E-state index contributed by atoms with van der Waals surface area (Å²) >= 11 is 8.51. The highest BCUT2D eigenvalue weighted by Crippen LogP contribution is 2.38. The predicted molar refractivity (Wildman–Crippen MR) is 118 cm³/mol. The molecular formula is C21H18BrFN2O4S. The zero-order valence-corrected chi connectivity index (χ0v) is 18.8. The Morgan fingerprint density at radius 3 is 2.37 bits per heavy atom. The number of amides is 2. The molecule has 0 N–H and O–H groups in total. The van der Waals surface area contributed by atoms with Gasteiger partial charge in [0.15, 0.2) is 16.6 Å². The monoisotopic (exact) mass is 492 g/mol. The maximum atomic E-state index is 13.9. The molecule has 2 amide bonds. The molecule has 1 aliphatic heterocycles. The average molecular weight is 493 g/mol. The van der Waals surface area contributed by atoms with Crippen molar-refractivity contribution in [1.29, 1.82) is 0 Å². The van der Waals surface area contributed by atoms with Crippen LogP contribution in [-0.4, -0.2) is 47.9 Å². The standard InChI is InChI=1S/C21H18BrFN2O4S/c1-24-19(26)14(20(27)25(2)21(24)30)8-12-9-15(22)18(17(10-12)28-3)29-11-13-6-4-5-7-16(13)23/h4-10H,11H2,1-3H3. The lowest BCUT2D eigenvalue weighted by molar-refractivity contribution is -0.132. The topological polar surface area (TPSA) is 59.1 Å². The van der Waals surface area contributed by atoms with E-state index in [1.807, 2.05) is 0 Å². The van der Waals surface area contributed by atoms with Gasteiger partial charge in [-0.3, -0.25) is 19.4 Å². The minimum atomic E-state index is -0.488. The van der Waals surface area contributed by atoms with E-state index in [0.717, 1.165) is 0 Å². The number of carbonyl (C=O) groups is 2. The first kappa shape index (κ1) is 21.9. The Kier molecular flexibility index (Phi) is 6.52. The molecule has 6 nitrogen and oxygen atoms in total. The highest BCUT2D eigenvalue weighted by molar-refractivity contribution is 9.10. The summed E-state index contributed by atoms with van der Waals surface area (Å²) in [7, 11) is 4.49. The zero-order chi connectivity index (χ0) is 22.0. The molecule has 0 aromatic heterocycles. The third-order valence-corrected chi connectivity index (χ3v) is 5.67. The first-order chi connectivity index (χ1) is 14.2. The fourth-order valence-electron chi connectivity index (χ4n) is 2.87. The molecule has 0 spiro atoms. The smallest absolute Gasteiger partial charge is 0.265 e. The molecule has 2 aromatic rings. The largest absolute Gasteiger partial charge is 0.493 e. The van der Waals surface area contributed by atoms with Crippen molar-refractivity contribution in [1.82, 2.24) is 9.80 Å². The Hall–Kier alpha value is -2.78. The van der Waals surface area contributed by atoms with Gasteiger partial charge in [-0.2, -0.15) is 0 Å². The number of rotatable bonds is 5. The van der Waals surface area contributed by atoms with E-state index in [1.54, 1.807) is 30.3 Å². The molecular weight excluding hydrogens is 475 g/mol. The summed E-state index contributed by atoms with van der Waals surface area (Å²) in [6, 6.07) is 9.63. The summed E-state index contributed by atoms with van der Waals surface area (Å²) in [4.78, 5) is 27.5. The van der Waals surface area contributed by atoms with Crippen molar-refractivity contribution in [2.75, 3.05) is 21.2 Å². The minimum Gasteiger partial charge on any atom is -0.493 e. The average Bonchev–Trinajstić information content (AvgIpc) is 2.74. The van der Waals surface area contributed by atoms with Crippen LogP contribution in [0.15, 0.2) is 46.4 Å². The van der Waals surface area contributed by atoms with Crippen LogP contribution in [0.2, 0.25) is 0 Å². The Morgan fingerprint density at radius 2 is 1.77 bits per heavy atom. The highest BCUT2D eigenvalue weighted by atomic mass is 79.9. The Balaban J connectivity index is 1.93. The maximum Gasteiger partial charge on any atom is 0.265 e. The van der Waals surface area contributed by atoms with Crippen molar-refractivity contribution >= 4 is 51.2 Å². The van der Waals surface area contributed by atoms with Gasteiger partial charge in [0.25, 0.3) is 11.8 Å². The number of hydrogen-bond acceptors (Lipinski definition) is 5. The van der Waals surface area contributed by atoms with E-state index in [-0.39, 0.29) is 23.1 Å². The van der Waals surface area contributed by atoms with Crippen LogP contribution in [0.4, 0.5) is 4.39 Å². The molecule has 156 valence electrons. The molecule has 3 rings (SSSR count). The fraction of sp³-hybridized carbons (Fsp3) is 0.190. The van der Waals surface area contributed by atoms with Crippen LogP contribution in [0, 0.1) is 5.82 Å². The van der Waals surface area contributed by atoms with Crippen LogP contribution in [0.5, 0.6) is 11.5 Å². The third-order valence-electron chi connectivity index (χ3n) is 4.54. The Bertz CT molecular complexity index is 1050. The van der Waals surface area contributed by atoms with Gasteiger partial charge in [-0.1, -0.05) is 18.2 Å². The molecule has 0 bridgehead atoms. The molecule has 9 heteroatoms. The van der Waals surface area contributed by atoms with Gasteiger partial charge in [-0.25, -0.2) is 4.39 Å². The van der Waals surface area contributed by atoms with Crippen LogP contribution in [0.25, 0.3) is 6.08 Å². The number of likely N-dealkylation sites (N-methyl/N-ethyl adjacent to an activating group) is 2. The summed E-state index contributed by atoms with van der Waals surface area (Å²) in [6.45, 7) is 0.00603. The van der Waals surface area contributed by atoms with E-state index in [9.17, 15) is 14.0 Å². The van der Waals surface area contributed by atoms with E-state index in [0.29, 0.717) is 27.1 Å². The SMILES string of the molecule is COc1cc(C=C2C(=O)N(C)C(=S)N(C)C2=O)cc(Br)c1OCc1ccccc1F. The Labute approximate surface area is 187 Å². The van der Waals surface area contributed by atoms with Crippen molar-refractivity contribution in [2.24, 2.45) is 0 Å². The van der Waals surface area contributed by atoms with Gasteiger partial charge in [0.05, 0.1) is 11.6 Å². The molecule has 0 atom stereocenters. The number of thiocarbonyl (C=S) groups is 1. The first-order valence-corrected chi connectivity index (χ1v) is 10.00. The van der Waals surface area contributed by atoms with E-state index in [1.165, 1.54) is 43.1 Å². The lowest BCUT2D eigenvalue weighted by Crippen LogP contribution is -2.52. The molecule has 1 aliphatic rings. The van der Waals surface area contributed by atoms with Crippen LogP contribution in [-0.2, 0) is 16.2 Å². The zero-order valence-electron chi connectivity index (χ0n) is 16.4. The lowest BCUT2D eigenvalue weighted by Gasteiger charge is -2.31. The fourth-order valence-corrected chi connectivity index (χ4v) is 3.61. The highest BCUT2D eigenvalue weighted by Gasteiger charge is 2.35. The summed E-state index contributed by atoms with van der Waals surface area (Å²) in [5.74, 6) is -0.606. The van der Waals surface area contributed by atoms with Crippen LogP contribution >= 0.6 is 28.1 Å². The number of carbonyl (C=O) groups excluding carboxylic acids is 2. The number of methoxy groups -OCH3 is 1. The van der Waals surface area contributed by atoms with Crippen molar-refractivity contribution in [3.05, 3.63) is 63.4 Å². The van der Waals surface area contributed by atoms with Crippen LogP contribution in [0.3, 0.4) is 0 Å². The van der Waals surface area contributed by atoms with E-state index in [2.05, 4.69) is 15.9 Å². The summed E-state index contributed by atoms with van der Waals surface area (Å²) in [5, 5.41) is 0.137. The summed E-state index contributed by atoms with van der Waals surface area (Å²) < 4.78 is 25.5. The maximum absolute atomic E-state index is 13.9. The van der Waals surface area contributed by atoms with Gasteiger partial charge in [-0.05, 0) is 58.0 Å². The van der Waals surface area contributed by atoms with Crippen LogP contribution < -0.4 is 9.47 Å². The van der Waals surface area contributed by atoms with Gasteiger partial charge in [0, 0.05) is 19.7 Å². The van der Waals surface area contributed by atoms with E-state index in [4.69, 9.17) is 21.7 Å². The molecule has 1 heterocycles. The van der Waals surface area contributed by atoms with Crippen molar-refractivity contribution in [3.63, 3.8) is 0 Å². The van der Waals surface area contributed by atoms with Gasteiger partial charge in [0.2, 0.25) is 0 Å². The molecule has 0 aliphatic carbocycles. The second kappa shape index (κ2) is 8.93. The van der Waals surface area contributed by atoms with Crippen molar-refractivity contribution < 1.29 is 23.5 Å². The summed E-state index contributed by atoms with van der Waals surface area (Å²) in [5.41, 5.74) is 0.920. The van der Waals surface area contributed by atoms with Gasteiger partial charge in [-0.15, -0.1) is 0 Å². The molecule has 2 aromatic carbocycles.